The topological polar surface area (TPSA) is 36.4 Å². The van der Waals surface area contributed by atoms with Crippen molar-refractivity contribution >= 4 is 28.6 Å². The van der Waals surface area contributed by atoms with Gasteiger partial charge in [0.1, 0.15) is 0 Å². The molecule has 1 aromatic carbocycles. The Bertz CT molecular complexity index is 652. The van der Waals surface area contributed by atoms with E-state index < -0.39 is 0 Å². The molecule has 0 N–H and O–H groups in total. The molecule has 0 saturated carbocycles. The normalized spacial score (nSPS) is 14.2. The number of hydrogen-bond acceptors (Lipinski definition) is 4. The van der Waals surface area contributed by atoms with E-state index in [4.69, 9.17) is 0 Å². The molecule has 2 heterocycles. The third-order valence-electron chi connectivity index (χ3n) is 3.79. The van der Waals surface area contributed by atoms with Crippen molar-refractivity contribution in [3.05, 3.63) is 40.3 Å². The van der Waals surface area contributed by atoms with Gasteiger partial charge < -0.3 is 9.80 Å². The van der Waals surface area contributed by atoms with E-state index in [1.807, 2.05) is 35.4 Å². The molecular weight excluding hydrogens is 282 g/mol. The first-order valence-electron chi connectivity index (χ1n) is 7.24. The molecule has 1 aliphatic rings. The van der Waals surface area contributed by atoms with Gasteiger partial charge in [-0.3, -0.25) is 4.79 Å². The standard InChI is InChI=1S/C16H19N3OS/c1-3-18-8-9-19(15-7-5-4-6-14(15)18)16(20)10-13-11-21-12(2)17-13/h4-7,11H,3,8-10H2,1-2H3. The van der Waals surface area contributed by atoms with E-state index in [2.05, 4.69) is 22.9 Å². The Morgan fingerprint density at radius 3 is 2.71 bits per heavy atom. The summed E-state index contributed by atoms with van der Waals surface area (Å²) in [5.41, 5.74) is 3.04. The van der Waals surface area contributed by atoms with Gasteiger partial charge in [0.15, 0.2) is 0 Å². The van der Waals surface area contributed by atoms with Crippen LogP contribution in [0.1, 0.15) is 17.6 Å². The van der Waals surface area contributed by atoms with E-state index in [0.717, 1.165) is 41.7 Å². The molecule has 0 unspecified atom stereocenters. The van der Waals surface area contributed by atoms with Crippen LogP contribution in [0.3, 0.4) is 0 Å². The van der Waals surface area contributed by atoms with Crippen LogP contribution < -0.4 is 9.80 Å². The van der Waals surface area contributed by atoms with Gasteiger partial charge in [0.2, 0.25) is 5.91 Å². The molecule has 4 nitrogen and oxygen atoms in total. The van der Waals surface area contributed by atoms with E-state index in [9.17, 15) is 4.79 Å². The summed E-state index contributed by atoms with van der Waals surface area (Å²) in [6.07, 6.45) is 0.380. The molecule has 5 heteroatoms. The van der Waals surface area contributed by atoms with Gasteiger partial charge in [-0.25, -0.2) is 4.98 Å². The number of carbonyl (C=O) groups excluding carboxylic acids is 1. The lowest BCUT2D eigenvalue weighted by molar-refractivity contribution is -0.118. The molecular formula is C16H19N3OS. The molecule has 2 aromatic rings. The van der Waals surface area contributed by atoms with Crippen LogP contribution in [0.5, 0.6) is 0 Å². The lowest BCUT2D eigenvalue weighted by Gasteiger charge is -2.37. The first-order chi connectivity index (χ1) is 10.2. The van der Waals surface area contributed by atoms with Gasteiger partial charge in [0.25, 0.3) is 0 Å². The molecule has 0 atom stereocenters. The molecule has 0 fully saturated rings. The van der Waals surface area contributed by atoms with Crippen LogP contribution in [-0.4, -0.2) is 30.5 Å². The van der Waals surface area contributed by atoms with Crippen molar-refractivity contribution in [3.63, 3.8) is 0 Å². The van der Waals surface area contributed by atoms with Crippen LogP contribution in [0.15, 0.2) is 29.6 Å². The SMILES string of the molecule is CCN1CCN(C(=O)Cc2csc(C)n2)c2ccccc21. The van der Waals surface area contributed by atoms with Crippen molar-refractivity contribution in [2.45, 2.75) is 20.3 Å². The maximum atomic E-state index is 12.6. The smallest absolute Gasteiger partial charge is 0.233 e. The van der Waals surface area contributed by atoms with Crippen molar-refractivity contribution in [2.75, 3.05) is 29.4 Å². The average Bonchev–Trinajstić information content (AvgIpc) is 2.91. The van der Waals surface area contributed by atoms with Crippen LogP contribution in [0.2, 0.25) is 0 Å². The van der Waals surface area contributed by atoms with Crippen molar-refractivity contribution in [1.82, 2.24) is 4.98 Å². The average molecular weight is 301 g/mol. The number of aromatic nitrogens is 1. The van der Waals surface area contributed by atoms with E-state index >= 15 is 0 Å². The fourth-order valence-corrected chi connectivity index (χ4v) is 3.36. The van der Waals surface area contributed by atoms with E-state index in [1.54, 1.807) is 11.3 Å². The number of amides is 1. The number of carbonyl (C=O) groups is 1. The van der Waals surface area contributed by atoms with E-state index in [0.29, 0.717) is 6.42 Å². The second-order valence-corrected chi connectivity index (χ2v) is 6.21. The Morgan fingerprint density at radius 1 is 1.29 bits per heavy atom. The fourth-order valence-electron chi connectivity index (χ4n) is 2.75. The fraction of sp³-hybridized carbons (Fsp3) is 0.375. The quantitative estimate of drug-likeness (QED) is 0.874. The van der Waals surface area contributed by atoms with Gasteiger partial charge in [0.05, 0.1) is 28.5 Å². The predicted octanol–water partition coefficient (Wildman–Crippen LogP) is 2.87. The first-order valence-corrected chi connectivity index (χ1v) is 8.12. The number of hydrogen-bond donors (Lipinski definition) is 0. The monoisotopic (exact) mass is 301 g/mol. The summed E-state index contributed by atoms with van der Waals surface area (Å²) in [5, 5.41) is 2.98. The zero-order valence-corrected chi connectivity index (χ0v) is 13.2. The lowest BCUT2D eigenvalue weighted by atomic mass is 10.1. The molecule has 0 radical (unpaired) electrons. The van der Waals surface area contributed by atoms with Gasteiger partial charge in [-0.15, -0.1) is 11.3 Å². The highest BCUT2D eigenvalue weighted by molar-refractivity contribution is 7.09. The summed E-state index contributed by atoms with van der Waals surface area (Å²) in [7, 11) is 0. The zero-order valence-electron chi connectivity index (χ0n) is 12.4. The largest absolute Gasteiger partial charge is 0.368 e. The Labute approximate surface area is 129 Å². The van der Waals surface area contributed by atoms with Gasteiger partial charge >= 0.3 is 0 Å². The number of benzene rings is 1. The molecule has 1 aromatic heterocycles. The Hall–Kier alpha value is -1.88. The van der Waals surface area contributed by atoms with Gasteiger partial charge in [-0.1, -0.05) is 12.1 Å². The van der Waals surface area contributed by atoms with Gasteiger partial charge in [-0.05, 0) is 26.0 Å². The number of thiazole rings is 1. The summed E-state index contributed by atoms with van der Waals surface area (Å²) in [5.74, 6) is 0.128. The minimum absolute atomic E-state index is 0.128. The van der Waals surface area contributed by atoms with Crippen LogP contribution in [-0.2, 0) is 11.2 Å². The van der Waals surface area contributed by atoms with Crippen LogP contribution in [0, 0.1) is 6.92 Å². The molecule has 1 amide bonds. The molecule has 0 saturated heterocycles. The first kappa shape index (κ1) is 14.1. The van der Waals surface area contributed by atoms with Crippen LogP contribution in [0.25, 0.3) is 0 Å². The summed E-state index contributed by atoms with van der Waals surface area (Å²) < 4.78 is 0. The van der Waals surface area contributed by atoms with Crippen molar-refractivity contribution in [2.24, 2.45) is 0 Å². The van der Waals surface area contributed by atoms with Gasteiger partial charge in [0, 0.05) is 25.0 Å². The number of rotatable bonds is 3. The van der Waals surface area contributed by atoms with Crippen molar-refractivity contribution in [3.8, 4) is 0 Å². The Balaban J connectivity index is 1.84. The molecule has 21 heavy (non-hydrogen) atoms. The van der Waals surface area contributed by atoms with Crippen LogP contribution >= 0.6 is 11.3 Å². The predicted molar refractivity (Wildman–Crippen MR) is 87.2 cm³/mol. The molecule has 0 bridgehead atoms. The Kier molecular flexibility index (Phi) is 3.92. The molecule has 3 rings (SSSR count). The molecule has 110 valence electrons. The van der Waals surface area contributed by atoms with Gasteiger partial charge in [-0.2, -0.15) is 0 Å². The van der Waals surface area contributed by atoms with Crippen molar-refractivity contribution in [1.29, 1.82) is 0 Å². The number of nitrogens with zero attached hydrogens (tertiary/aromatic N) is 3. The minimum atomic E-state index is 0.128. The molecule has 0 aliphatic carbocycles. The second-order valence-electron chi connectivity index (χ2n) is 5.15. The maximum absolute atomic E-state index is 12.6. The second kappa shape index (κ2) is 5.85. The lowest BCUT2D eigenvalue weighted by Crippen LogP contribution is -2.44. The minimum Gasteiger partial charge on any atom is -0.368 e. The third kappa shape index (κ3) is 2.78. The van der Waals surface area contributed by atoms with E-state index in [-0.39, 0.29) is 5.91 Å². The molecule has 0 spiro atoms. The zero-order chi connectivity index (χ0) is 14.8. The van der Waals surface area contributed by atoms with Crippen LogP contribution in [0.4, 0.5) is 11.4 Å². The molecule has 1 aliphatic heterocycles. The highest BCUT2D eigenvalue weighted by atomic mass is 32.1. The summed E-state index contributed by atoms with van der Waals surface area (Å²) in [6.45, 7) is 6.70. The highest BCUT2D eigenvalue weighted by Gasteiger charge is 2.26. The summed E-state index contributed by atoms with van der Waals surface area (Å²) in [6, 6.07) is 8.14. The number of likely N-dealkylation sites (N-methyl/N-ethyl adjacent to an activating group) is 1. The number of fused-ring (bicyclic) bond motifs is 1. The maximum Gasteiger partial charge on any atom is 0.233 e. The number of anilines is 2. The summed E-state index contributed by atoms with van der Waals surface area (Å²) >= 11 is 1.59. The van der Waals surface area contributed by atoms with Crippen molar-refractivity contribution < 1.29 is 4.79 Å². The summed E-state index contributed by atoms with van der Waals surface area (Å²) in [4.78, 5) is 21.2. The Morgan fingerprint density at radius 2 is 2.05 bits per heavy atom. The van der Waals surface area contributed by atoms with E-state index in [1.165, 1.54) is 0 Å². The number of para-hydroxylation sites is 2. The highest BCUT2D eigenvalue weighted by Crippen LogP contribution is 2.32. The number of aryl methyl sites for hydroxylation is 1. The third-order valence-corrected chi connectivity index (χ3v) is 4.61.